The van der Waals surface area contributed by atoms with Crippen LogP contribution < -0.4 is 5.32 Å². The molecule has 0 amide bonds. The van der Waals surface area contributed by atoms with Gasteiger partial charge in [-0.1, -0.05) is 38.1 Å². The van der Waals surface area contributed by atoms with Gasteiger partial charge in [-0.25, -0.2) is 0 Å². The summed E-state index contributed by atoms with van der Waals surface area (Å²) in [5.74, 6) is 0.546. The molecule has 21 heavy (non-hydrogen) atoms. The SMILES string of the molecule is CC.CNC[C@@H]1Cc2cnccc2CCc2ccccc21. The van der Waals surface area contributed by atoms with E-state index in [1.54, 1.807) is 0 Å². The van der Waals surface area contributed by atoms with Gasteiger partial charge in [0.25, 0.3) is 0 Å². The first-order valence-electron chi connectivity index (χ1n) is 8.02. The molecule has 2 aromatic rings. The maximum atomic E-state index is 4.30. The molecule has 1 heterocycles. The standard InChI is InChI=1S/C17H20N2.C2H6/c1-18-11-16-10-15-12-19-9-8-13(15)6-7-14-4-2-3-5-17(14)16;1-2/h2-5,8-9,12,16,18H,6-7,10-11H2,1H3;1-2H3/t16-;/m0./s1. The molecule has 1 aliphatic rings. The minimum Gasteiger partial charge on any atom is -0.319 e. The minimum atomic E-state index is 0.546. The van der Waals surface area contributed by atoms with Crippen LogP contribution in [0.5, 0.6) is 0 Å². The molecular weight excluding hydrogens is 256 g/mol. The Labute approximate surface area is 128 Å². The normalized spacial score (nSPS) is 16.6. The minimum absolute atomic E-state index is 0.546. The van der Waals surface area contributed by atoms with Crippen LogP contribution in [0.2, 0.25) is 0 Å². The molecule has 0 radical (unpaired) electrons. The molecule has 1 atom stereocenters. The van der Waals surface area contributed by atoms with Gasteiger partial charge in [-0.15, -0.1) is 0 Å². The van der Waals surface area contributed by atoms with Gasteiger partial charge in [-0.2, -0.15) is 0 Å². The molecule has 0 spiro atoms. The molecule has 0 saturated carbocycles. The number of hydrogen-bond donors (Lipinski definition) is 1. The van der Waals surface area contributed by atoms with E-state index in [4.69, 9.17) is 0 Å². The van der Waals surface area contributed by atoms with Gasteiger partial charge in [0.1, 0.15) is 0 Å². The van der Waals surface area contributed by atoms with E-state index < -0.39 is 0 Å². The predicted molar refractivity (Wildman–Crippen MR) is 89.8 cm³/mol. The number of benzene rings is 1. The highest BCUT2D eigenvalue weighted by Crippen LogP contribution is 2.29. The molecule has 1 N–H and O–H groups in total. The third-order valence-electron chi connectivity index (χ3n) is 4.08. The Morgan fingerprint density at radius 2 is 1.81 bits per heavy atom. The molecule has 112 valence electrons. The summed E-state index contributed by atoms with van der Waals surface area (Å²) in [4.78, 5) is 4.30. The van der Waals surface area contributed by atoms with E-state index in [0.717, 1.165) is 25.8 Å². The van der Waals surface area contributed by atoms with E-state index in [-0.39, 0.29) is 0 Å². The topological polar surface area (TPSA) is 24.9 Å². The fourth-order valence-electron chi connectivity index (χ4n) is 3.12. The first-order chi connectivity index (χ1) is 10.4. The average molecular weight is 282 g/mol. The smallest absolute Gasteiger partial charge is 0.0302 e. The van der Waals surface area contributed by atoms with Crippen LogP contribution in [-0.2, 0) is 19.3 Å². The first kappa shape index (κ1) is 15.7. The third-order valence-corrected chi connectivity index (χ3v) is 4.08. The highest BCUT2D eigenvalue weighted by Gasteiger charge is 2.19. The quantitative estimate of drug-likeness (QED) is 0.907. The fourth-order valence-corrected chi connectivity index (χ4v) is 3.12. The number of nitrogens with one attached hydrogen (secondary N) is 1. The van der Waals surface area contributed by atoms with Crippen molar-refractivity contribution < 1.29 is 0 Å². The Bertz CT molecular complexity index is 563. The van der Waals surface area contributed by atoms with Crippen LogP contribution in [0.25, 0.3) is 0 Å². The molecule has 0 unspecified atom stereocenters. The zero-order chi connectivity index (χ0) is 15.1. The Morgan fingerprint density at radius 3 is 2.62 bits per heavy atom. The summed E-state index contributed by atoms with van der Waals surface area (Å²) in [6, 6.07) is 11.1. The lowest BCUT2D eigenvalue weighted by Crippen LogP contribution is -2.22. The Hall–Kier alpha value is -1.67. The average Bonchev–Trinajstić information content (AvgIpc) is 2.54. The van der Waals surface area contributed by atoms with Crippen LogP contribution in [-0.4, -0.2) is 18.6 Å². The highest BCUT2D eigenvalue weighted by atomic mass is 14.8. The van der Waals surface area contributed by atoms with Gasteiger partial charge < -0.3 is 5.32 Å². The number of aryl methyl sites for hydroxylation is 2. The zero-order valence-electron chi connectivity index (χ0n) is 13.4. The number of nitrogens with zero attached hydrogens (tertiary/aromatic N) is 1. The summed E-state index contributed by atoms with van der Waals surface area (Å²) < 4.78 is 0. The van der Waals surface area contributed by atoms with Gasteiger partial charge >= 0.3 is 0 Å². The van der Waals surface area contributed by atoms with E-state index in [1.165, 1.54) is 22.3 Å². The molecule has 0 aliphatic heterocycles. The molecule has 0 fully saturated rings. The molecule has 1 aromatic carbocycles. The van der Waals surface area contributed by atoms with Crippen LogP contribution in [0, 0.1) is 0 Å². The van der Waals surface area contributed by atoms with E-state index in [2.05, 4.69) is 40.6 Å². The maximum Gasteiger partial charge on any atom is 0.0302 e. The van der Waals surface area contributed by atoms with Gasteiger partial charge in [0.2, 0.25) is 0 Å². The second-order valence-electron chi connectivity index (χ2n) is 5.30. The van der Waals surface area contributed by atoms with Crippen LogP contribution >= 0.6 is 0 Å². The number of pyridine rings is 1. The van der Waals surface area contributed by atoms with E-state index in [1.807, 2.05) is 33.3 Å². The number of aromatic nitrogens is 1. The van der Waals surface area contributed by atoms with Gasteiger partial charge in [-0.3, -0.25) is 4.98 Å². The van der Waals surface area contributed by atoms with E-state index in [9.17, 15) is 0 Å². The lowest BCUT2D eigenvalue weighted by Gasteiger charge is -2.24. The van der Waals surface area contributed by atoms with Crippen molar-refractivity contribution in [3.05, 3.63) is 65.0 Å². The van der Waals surface area contributed by atoms with Crippen LogP contribution in [0.4, 0.5) is 0 Å². The summed E-state index contributed by atoms with van der Waals surface area (Å²) in [5, 5.41) is 3.34. The monoisotopic (exact) mass is 282 g/mol. The van der Waals surface area contributed by atoms with Crippen molar-refractivity contribution in [2.24, 2.45) is 0 Å². The Morgan fingerprint density at radius 1 is 1.05 bits per heavy atom. The molecule has 0 bridgehead atoms. The molecule has 1 aliphatic carbocycles. The molecular formula is C19H26N2. The first-order valence-corrected chi connectivity index (χ1v) is 8.02. The number of fused-ring (bicyclic) bond motifs is 2. The van der Waals surface area contributed by atoms with Crippen molar-refractivity contribution in [2.45, 2.75) is 39.0 Å². The van der Waals surface area contributed by atoms with Gasteiger partial charge in [0.15, 0.2) is 0 Å². The summed E-state index contributed by atoms with van der Waals surface area (Å²) in [5.41, 5.74) is 5.89. The van der Waals surface area contributed by atoms with Crippen molar-refractivity contribution in [3.8, 4) is 0 Å². The largest absolute Gasteiger partial charge is 0.319 e. The van der Waals surface area contributed by atoms with Crippen molar-refractivity contribution in [1.29, 1.82) is 0 Å². The van der Waals surface area contributed by atoms with Crippen molar-refractivity contribution in [2.75, 3.05) is 13.6 Å². The summed E-state index contributed by atoms with van der Waals surface area (Å²) in [6.07, 6.45) is 7.31. The fraction of sp³-hybridized carbons (Fsp3) is 0.421. The summed E-state index contributed by atoms with van der Waals surface area (Å²) in [6.45, 7) is 5.02. The predicted octanol–water partition coefficient (Wildman–Crippen LogP) is 3.75. The number of likely N-dealkylation sites (N-methyl/N-ethyl adjacent to an activating group) is 1. The Balaban J connectivity index is 0.000000774. The number of hydrogen-bond acceptors (Lipinski definition) is 2. The third kappa shape index (κ3) is 3.70. The van der Waals surface area contributed by atoms with Crippen molar-refractivity contribution in [3.63, 3.8) is 0 Å². The highest BCUT2D eigenvalue weighted by molar-refractivity contribution is 5.37. The van der Waals surface area contributed by atoms with Gasteiger partial charge in [-0.05, 0) is 54.6 Å². The van der Waals surface area contributed by atoms with Gasteiger partial charge in [0, 0.05) is 24.9 Å². The zero-order valence-corrected chi connectivity index (χ0v) is 13.4. The van der Waals surface area contributed by atoms with Crippen LogP contribution in [0.15, 0.2) is 42.7 Å². The molecule has 0 saturated heterocycles. The lowest BCUT2D eigenvalue weighted by atomic mass is 9.83. The second-order valence-corrected chi connectivity index (χ2v) is 5.30. The molecule has 3 rings (SSSR count). The number of rotatable bonds is 2. The summed E-state index contributed by atoms with van der Waals surface area (Å²) >= 11 is 0. The van der Waals surface area contributed by atoms with E-state index in [0.29, 0.717) is 5.92 Å². The summed E-state index contributed by atoms with van der Waals surface area (Å²) in [7, 11) is 2.03. The lowest BCUT2D eigenvalue weighted by molar-refractivity contribution is 0.608. The molecule has 1 aromatic heterocycles. The second kappa shape index (κ2) is 7.94. The van der Waals surface area contributed by atoms with Crippen LogP contribution in [0.3, 0.4) is 0 Å². The van der Waals surface area contributed by atoms with Crippen molar-refractivity contribution >= 4 is 0 Å². The van der Waals surface area contributed by atoms with Crippen LogP contribution in [0.1, 0.15) is 42.0 Å². The maximum absolute atomic E-state index is 4.30. The Kier molecular flexibility index (Phi) is 5.94. The van der Waals surface area contributed by atoms with Crippen molar-refractivity contribution in [1.82, 2.24) is 10.3 Å². The molecule has 2 heteroatoms. The molecule has 2 nitrogen and oxygen atoms in total. The van der Waals surface area contributed by atoms with E-state index >= 15 is 0 Å². The van der Waals surface area contributed by atoms with Gasteiger partial charge in [0.05, 0.1) is 0 Å².